The highest BCUT2D eigenvalue weighted by Crippen LogP contribution is 2.36. The van der Waals surface area contributed by atoms with Crippen molar-refractivity contribution in [1.29, 1.82) is 0 Å². The number of carboxylic acid groups (broad SMARTS) is 1. The van der Waals surface area contributed by atoms with Crippen LogP contribution in [0, 0.1) is 0 Å². The number of halogens is 2. The van der Waals surface area contributed by atoms with Crippen LogP contribution in [0.3, 0.4) is 0 Å². The zero-order valence-corrected chi connectivity index (χ0v) is 16.2. The number of aliphatic carboxylic acids is 1. The molecule has 0 bridgehead atoms. The van der Waals surface area contributed by atoms with Crippen LogP contribution in [0.2, 0.25) is 0 Å². The number of aromatic nitrogens is 3. The van der Waals surface area contributed by atoms with Gasteiger partial charge in [0.1, 0.15) is 16.5 Å². The van der Waals surface area contributed by atoms with Gasteiger partial charge in [-0.15, -0.1) is 5.10 Å². The highest BCUT2D eigenvalue weighted by Gasteiger charge is 2.16. The highest BCUT2D eigenvalue weighted by molar-refractivity contribution is 9.11. The molecule has 0 spiro atoms. The van der Waals surface area contributed by atoms with E-state index in [1.165, 1.54) is 13.2 Å². The van der Waals surface area contributed by atoms with Gasteiger partial charge in [0.25, 0.3) is 0 Å². The van der Waals surface area contributed by atoms with Crippen LogP contribution in [0.25, 0.3) is 6.08 Å². The Kier molecular flexibility index (Phi) is 6.25. The lowest BCUT2D eigenvalue weighted by atomic mass is 10.2. The number of H-pyrrole nitrogens is 1. The van der Waals surface area contributed by atoms with Gasteiger partial charge in [-0.05, 0) is 45.9 Å². The first-order valence-corrected chi connectivity index (χ1v) is 8.92. The van der Waals surface area contributed by atoms with Crippen molar-refractivity contribution < 1.29 is 14.6 Å². The molecule has 2 aromatic rings. The molecule has 2 rings (SSSR count). The van der Waals surface area contributed by atoms with E-state index < -0.39 is 5.97 Å². The number of rotatable bonds is 6. The Balaban J connectivity index is 2.41. The van der Waals surface area contributed by atoms with E-state index in [9.17, 15) is 9.90 Å². The minimum atomic E-state index is -1.06. The lowest BCUT2D eigenvalue weighted by molar-refractivity contribution is -0.131. The minimum Gasteiger partial charge on any atom is -0.495 e. The SMILES string of the molecule is CCc1nc(S/C(=C\c2cc(Br)cc(Br)c2OC)C(=O)O)n[nH]1. The molecular formula is C14H13Br2N3O3S. The number of thioether (sulfide) groups is 1. The van der Waals surface area contributed by atoms with Crippen molar-refractivity contribution in [3.05, 3.63) is 37.4 Å². The van der Waals surface area contributed by atoms with Crippen molar-refractivity contribution in [2.24, 2.45) is 0 Å². The molecule has 122 valence electrons. The summed E-state index contributed by atoms with van der Waals surface area (Å²) in [6.07, 6.45) is 2.23. The summed E-state index contributed by atoms with van der Waals surface area (Å²) in [5.41, 5.74) is 0.630. The highest BCUT2D eigenvalue weighted by atomic mass is 79.9. The van der Waals surface area contributed by atoms with Gasteiger partial charge in [-0.2, -0.15) is 0 Å². The van der Waals surface area contributed by atoms with E-state index >= 15 is 0 Å². The lowest BCUT2D eigenvalue weighted by Gasteiger charge is -2.09. The largest absolute Gasteiger partial charge is 0.495 e. The second-order valence-corrected chi connectivity index (χ2v) is 7.12. The van der Waals surface area contributed by atoms with E-state index in [4.69, 9.17) is 4.74 Å². The summed E-state index contributed by atoms with van der Waals surface area (Å²) >= 11 is 7.76. The monoisotopic (exact) mass is 461 g/mol. The summed E-state index contributed by atoms with van der Waals surface area (Å²) in [6.45, 7) is 1.94. The summed E-state index contributed by atoms with van der Waals surface area (Å²) < 4.78 is 6.86. The van der Waals surface area contributed by atoms with Gasteiger partial charge in [-0.3, -0.25) is 5.10 Å². The zero-order valence-electron chi connectivity index (χ0n) is 12.3. The third kappa shape index (κ3) is 4.58. The first-order valence-electron chi connectivity index (χ1n) is 6.51. The summed E-state index contributed by atoms with van der Waals surface area (Å²) in [5.74, 6) is 0.202. The van der Waals surface area contributed by atoms with Gasteiger partial charge in [-0.25, -0.2) is 9.78 Å². The normalized spacial score (nSPS) is 11.6. The molecular weight excluding hydrogens is 450 g/mol. The fraction of sp³-hybridized carbons (Fsp3) is 0.214. The molecule has 1 heterocycles. The Morgan fingerprint density at radius 1 is 1.48 bits per heavy atom. The molecule has 0 atom stereocenters. The summed E-state index contributed by atoms with van der Waals surface area (Å²) in [5, 5.41) is 16.6. The lowest BCUT2D eigenvalue weighted by Crippen LogP contribution is -1.98. The minimum absolute atomic E-state index is 0.0925. The molecule has 0 amide bonds. The molecule has 0 radical (unpaired) electrons. The molecule has 0 aliphatic heterocycles. The van der Waals surface area contributed by atoms with Gasteiger partial charge in [-0.1, -0.05) is 22.9 Å². The topological polar surface area (TPSA) is 88.1 Å². The molecule has 0 fully saturated rings. The Bertz CT molecular complexity index is 762. The molecule has 0 aliphatic carbocycles. The average Bonchev–Trinajstić information content (AvgIpc) is 2.93. The first-order chi connectivity index (χ1) is 10.9. The molecule has 9 heteroatoms. The first kappa shape index (κ1) is 18.0. The maximum atomic E-state index is 11.5. The molecule has 0 unspecified atom stereocenters. The summed E-state index contributed by atoms with van der Waals surface area (Å²) in [6, 6.07) is 3.61. The number of nitrogens with one attached hydrogen (secondary N) is 1. The van der Waals surface area contributed by atoms with Gasteiger partial charge in [0, 0.05) is 16.5 Å². The molecule has 6 nitrogen and oxygen atoms in total. The van der Waals surface area contributed by atoms with E-state index in [0.717, 1.165) is 20.7 Å². The Hall–Kier alpha value is -1.32. The third-order valence-electron chi connectivity index (χ3n) is 2.79. The summed E-state index contributed by atoms with van der Waals surface area (Å²) in [4.78, 5) is 15.8. The third-order valence-corrected chi connectivity index (χ3v) is 4.71. The second-order valence-electron chi connectivity index (χ2n) is 4.34. The van der Waals surface area contributed by atoms with Crippen LogP contribution in [0.4, 0.5) is 0 Å². The van der Waals surface area contributed by atoms with Crippen LogP contribution < -0.4 is 4.74 Å². The number of methoxy groups -OCH3 is 1. The van der Waals surface area contributed by atoms with Crippen LogP contribution in [0.1, 0.15) is 18.3 Å². The number of aromatic amines is 1. The number of nitrogens with zero attached hydrogens (tertiary/aromatic N) is 2. The van der Waals surface area contributed by atoms with Crippen LogP contribution in [0.5, 0.6) is 5.75 Å². The van der Waals surface area contributed by atoms with Gasteiger partial charge >= 0.3 is 5.97 Å². The van der Waals surface area contributed by atoms with Gasteiger partial charge < -0.3 is 9.84 Å². The van der Waals surface area contributed by atoms with Crippen LogP contribution in [-0.2, 0) is 11.2 Å². The van der Waals surface area contributed by atoms with E-state index in [2.05, 4.69) is 47.0 Å². The molecule has 0 saturated heterocycles. The predicted octanol–water partition coefficient (Wildman–Crippen LogP) is 4.12. The quantitative estimate of drug-likeness (QED) is 0.495. The van der Waals surface area contributed by atoms with E-state index in [1.807, 2.05) is 13.0 Å². The van der Waals surface area contributed by atoms with Gasteiger partial charge in [0.15, 0.2) is 0 Å². The smallest absolute Gasteiger partial charge is 0.342 e. The Morgan fingerprint density at radius 2 is 2.22 bits per heavy atom. The van der Waals surface area contributed by atoms with Crippen molar-refractivity contribution in [3.63, 3.8) is 0 Å². The van der Waals surface area contributed by atoms with Gasteiger partial charge in [0.05, 0.1) is 11.6 Å². The zero-order chi connectivity index (χ0) is 17.0. The maximum Gasteiger partial charge on any atom is 0.342 e. The van der Waals surface area contributed by atoms with Crippen molar-refractivity contribution in [1.82, 2.24) is 15.2 Å². The Labute approximate surface area is 154 Å². The number of aryl methyl sites for hydroxylation is 1. The number of carbonyl (C=O) groups is 1. The van der Waals surface area contributed by atoms with Crippen molar-refractivity contribution in [3.8, 4) is 5.75 Å². The van der Waals surface area contributed by atoms with Gasteiger partial charge in [0.2, 0.25) is 5.16 Å². The molecule has 1 aromatic carbocycles. The fourth-order valence-electron chi connectivity index (χ4n) is 1.76. The van der Waals surface area contributed by atoms with Crippen molar-refractivity contribution >= 4 is 55.7 Å². The number of hydrogen-bond donors (Lipinski definition) is 2. The maximum absolute atomic E-state index is 11.5. The van der Waals surface area contributed by atoms with Crippen molar-refractivity contribution in [2.75, 3.05) is 7.11 Å². The molecule has 2 N–H and O–H groups in total. The van der Waals surface area contributed by atoms with E-state index in [-0.39, 0.29) is 4.91 Å². The molecule has 0 aliphatic rings. The van der Waals surface area contributed by atoms with Crippen LogP contribution >= 0.6 is 43.6 Å². The number of hydrogen-bond acceptors (Lipinski definition) is 5. The number of carboxylic acids is 1. The number of ether oxygens (including phenoxy) is 1. The van der Waals surface area contributed by atoms with E-state index in [1.54, 1.807) is 6.07 Å². The molecule has 23 heavy (non-hydrogen) atoms. The van der Waals surface area contributed by atoms with E-state index in [0.29, 0.717) is 28.7 Å². The molecule has 0 saturated carbocycles. The number of benzene rings is 1. The van der Waals surface area contributed by atoms with Crippen LogP contribution in [-0.4, -0.2) is 33.4 Å². The van der Waals surface area contributed by atoms with Crippen LogP contribution in [0.15, 0.2) is 31.1 Å². The van der Waals surface area contributed by atoms with Crippen molar-refractivity contribution in [2.45, 2.75) is 18.5 Å². The summed E-state index contributed by atoms with van der Waals surface area (Å²) in [7, 11) is 1.53. The predicted molar refractivity (Wildman–Crippen MR) is 95.6 cm³/mol. The molecule has 1 aromatic heterocycles. The average molecular weight is 463 g/mol. The Morgan fingerprint density at radius 3 is 2.78 bits per heavy atom. The second kappa shape index (κ2) is 7.98. The standard InChI is InChI=1S/C14H13Br2N3O3S/c1-3-11-17-14(19-18-11)23-10(13(20)21)5-7-4-8(15)6-9(16)12(7)22-2/h4-6H,3H2,1-2H3,(H,20,21)(H,17,18,19)/b10-5-. The fourth-order valence-corrected chi connectivity index (χ4v) is 3.90.